The topological polar surface area (TPSA) is 75.6 Å². The smallest absolute Gasteiger partial charge is 0.310 e. The average molecular weight is 331 g/mol. The largest absolute Gasteiger partial charge is 0.481 e. The van der Waals surface area contributed by atoms with Crippen LogP contribution in [0.15, 0.2) is 12.2 Å². The molecule has 1 amide bonds. The van der Waals surface area contributed by atoms with Crippen LogP contribution in [0.4, 0.5) is 0 Å². The zero-order chi connectivity index (χ0) is 16.5. The third kappa shape index (κ3) is 2.17. The van der Waals surface area contributed by atoms with Crippen molar-refractivity contribution in [1.82, 2.24) is 5.32 Å². The van der Waals surface area contributed by atoms with E-state index in [-0.39, 0.29) is 17.4 Å². The number of rotatable bonds is 4. The molecule has 0 unspecified atom stereocenters. The SMILES string of the molecule is O=C(O)[C@@H]1[C@H](C(=O)NCC23CC4CC(CC(C4)C2)C3)[C@H]2C=C[C@@H]1O2. The molecule has 6 rings (SSSR count). The van der Waals surface area contributed by atoms with Crippen LogP contribution in [0.3, 0.4) is 0 Å². The molecule has 0 aromatic carbocycles. The number of ether oxygens (including phenoxy) is 1. The maximum atomic E-state index is 12.8. The molecule has 24 heavy (non-hydrogen) atoms. The lowest BCUT2D eigenvalue weighted by Gasteiger charge is -2.57. The third-order valence-corrected chi connectivity index (χ3v) is 7.29. The van der Waals surface area contributed by atoms with Gasteiger partial charge in [0, 0.05) is 6.54 Å². The van der Waals surface area contributed by atoms with E-state index >= 15 is 0 Å². The van der Waals surface area contributed by atoms with Crippen LogP contribution in [-0.4, -0.2) is 35.7 Å². The molecule has 5 heteroatoms. The highest BCUT2D eigenvalue weighted by Gasteiger charge is 2.54. The molecule has 6 aliphatic rings. The molecule has 4 atom stereocenters. The Morgan fingerprint density at radius 2 is 1.54 bits per heavy atom. The molecule has 0 radical (unpaired) electrons. The number of carbonyl (C=O) groups excluding carboxylic acids is 1. The summed E-state index contributed by atoms with van der Waals surface area (Å²) in [6, 6.07) is 0. The van der Waals surface area contributed by atoms with Gasteiger partial charge in [-0.1, -0.05) is 12.2 Å². The first-order valence-electron chi connectivity index (χ1n) is 9.37. The van der Waals surface area contributed by atoms with Gasteiger partial charge in [-0.15, -0.1) is 0 Å². The van der Waals surface area contributed by atoms with Crippen molar-refractivity contribution >= 4 is 11.9 Å². The number of carbonyl (C=O) groups is 2. The van der Waals surface area contributed by atoms with Crippen molar-refractivity contribution in [2.45, 2.75) is 50.7 Å². The van der Waals surface area contributed by atoms with E-state index in [0.29, 0.717) is 0 Å². The predicted octanol–water partition coefficient (Wildman–Crippen LogP) is 1.97. The zero-order valence-corrected chi connectivity index (χ0v) is 13.8. The van der Waals surface area contributed by atoms with Crippen LogP contribution in [-0.2, 0) is 14.3 Å². The Kier molecular flexibility index (Phi) is 3.16. The summed E-state index contributed by atoms with van der Waals surface area (Å²) < 4.78 is 5.62. The van der Waals surface area contributed by atoms with Gasteiger partial charge < -0.3 is 15.2 Å². The average Bonchev–Trinajstić information content (AvgIpc) is 3.12. The summed E-state index contributed by atoms with van der Waals surface area (Å²) >= 11 is 0. The number of fused-ring (bicyclic) bond motifs is 2. The number of carboxylic acid groups (broad SMARTS) is 1. The Hall–Kier alpha value is -1.36. The number of hydrogen-bond donors (Lipinski definition) is 2. The molecule has 0 spiro atoms. The lowest BCUT2D eigenvalue weighted by Crippen LogP contribution is -2.52. The molecule has 2 aliphatic heterocycles. The van der Waals surface area contributed by atoms with Gasteiger partial charge in [-0.2, -0.15) is 0 Å². The summed E-state index contributed by atoms with van der Waals surface area (Å²) in [4.78, 5) is 24.3. The van der Waals surface area contributed by atoms with Gasteiger partial charge >= 0.3 is 5.97 Å². The quantitative estimate of drug-likeness (QED) is 0.772. The fraction of sp³-hybridized carbons (Fsp3) is 0.789. The molecular formula is C19H25NO4. The molecule has 5 nitrogen and oxygen atoms in total. The van der Waals surface area contributed by atoms with Crippen LogP contribution >= 0.6 is 0 Å². The molecule has 4 aliphatic carbocycles. The minimum Gasteiger partial charge on any atom is -0.481 e. The van der Waals surface area contributed by atoms with E-state index < -0.39 is 23.9 Å². The van der Waals surface area contributed by atoms with E-state index in [1.807, 2.05) is 6.08 Å². The Morgan fingerprint density at radius 3 is 2.08 bits per heavy atom. The van der Waals surface area contributed by atoms with Gasteiger partial charge in [-0.05, 0) is 61.7 Å². The molecular weight excluding hydrogens is 306 g/mol. The second-order valence-electron chi connectivity index (χ2n) is 8.98. The van der Waals surface area contributed by atoms with E-state index in [9.17, 15) is 14.7 Å². The number of carboxylic acids is 1. The zero-order valence-electron chi connectivity index (χ0n) is 13.8. The fourth-order valence-corrected chi connectivity index (χ4v) is 6.81. The van der Waals surface area contributed by atoms with Crippen LogP contribution in [0.2, 0.25) is 0 Å². The van der Waals surface area contributed by atoms with E-state index in [4.69, 9.17) is 4.74 Å². The minimum absolute atomic E-state index is 0.130. The molecule has 130 valence electrons. The first-order valence-corrected chi connectivity index (χ1v) is 9.37. The van der Waals surface area contributed by atoms with Crippen LogP contribution in [0, 0.1) is 35.0 Å². The van der Waals surface area contributed by atoms with E-state index in [2.05, 4.69) is 5.32 Å². The van der Waals surface area contributed by atoms with Crippen LogP contribution < -0.4 is 5.32 Å². The monoisotopic (exact) mass is 331 g/mol. The standard InChI is InChI=1S/C19H25NO4/c21-17(15-13-1-2-14(24-13)16(15)18(22)23)20-9-19-6-10-3-11(7-19)5-12(4-10)8-19/h1-2,10-16H,3-9H2,(H,20,21)(H,22,23)/t10?,11?,12?,13-,14+,15-,16+,19?/m1/s1. The van der Waals surface area contributed by atoms with Gasteiger partial charge in [0.25, 0.3) is 0 Å². The van der Waals surface area contributed by atoms with Crippen molar-refractivity contribution < 1.29 is 19.4 Å². The van der Waals surface area contributed by atoms with Gasteiger partial charge in [0.15, 0.2) is 0 Å². The number of amides is 1. The molecule has 5 fully saturated rings. The number of aliphatic carboxylic acids is 1. The Balaban J connectivity index is 1.28. The second-order valence-corrected chi connectivity index (χ2v) is 8.98. The first-order chi connectivity index (χ1) is 11.5. The predicted molar refractivity (Wildman–Crippen MR) is 86.0 cm³/mol. The summed E-state index contributed by atoms with van der Waals surface area (Å²) in [5.74, 6) is 0.190. The maximum Gasteiger partial charge on any atom is 0.310 e. The van der Waals surface area contributed by atoms with Crippen molar-refractivity contribution in [3.05, 3.63) is 12.2 Å². The van der Waals surface area contributed by atoms with E-state index in [0.717, 1.165) is 24.3 Å². The second kappa shape index (κ2) is 5.07. The summed E-state index contributed by atoms with van der Waals surface area (Å²) in [6.45, 7) is 0.722. The van der Waals surface area contributed by atoms with Crippen molar-refractivity contribution in [2.24, 2.45) is 35.0 Å². The minimum atomic E-state index is -0.929. The molecule has 2 heterocycles. The summed E-state index contributed by atoms with van der Waals surface area (Å²) in [5.41, 5.74) is 0.275. The van der Waals surface area contributed by atoms with Crippen LogP contribution in [0.1, 0.15) is 38.5 Å². The normalized spacial score (nSPS) is 50.4. The molecule has 6 bridgehead atoms. The third-order valence-electron chi connectivity index (χ3n) is 7.29. The lowest BCUT2D eigenvalue weighted by molar-refractivity contribution is -0.147. The molecule has 0 aromatic heterocycles. The molecule has 2 N–H and O–H groups in total. The van der Waals surface area contributed by atoms with Crippen molar-refractivity contribution in [1.29, 1.82) is 0 Å². The van der Waals surface area contributed by atoms with Crippen molar-refractivity contribution in [3.8, 4) is 0 Å². The Morgan fingerprint density at radius 1 is 1.00 bits per heavy atom. The van der Waals surface area contributed by atoms with Crippen LogP contribution in [0.5, 0.6) is 0 Å². The fourth-order valence-electron chi connectivity index (χ4n) is 6.81. The van der Waals surface area contributed by atoms with E-state index in [1.165, 1.54) is 38.5 Å². The first kappa shape index (κ1) is 14.9. The highest BCUT2D eigenvalue weighted by atomic mass is 16.5. The summed E-state index contributed by atoms with van der Waals surface area (Å²) in [5, 5.41) is 12.6. The lowest BCUT2D eigenvalue weighted by atomic mass is 9.49. The summed E-state index contributed by atoms with van der Waals surface area (Å²) in [6.07, 6.45) is 10.7. The number of hydrogen-bond acceptors (Lipinski definition) is 3. The Labute approximate surface area is 141 Å². The van der Waals surface area contributed by atoms with Gasteiger partial charge in [0.05, 0.1) is 18.1 Å². The molecule has 4 saturated carbocycles. The summed E-state index contributed by atoms with van der Waals surface area (Å²) in [7, 11) is 0. The van der Waals surface area contributed by atoms with E-state index in [1.54, 1.807) is 6.08 Å². The van der Waals surface area contributed by atoms with Crippen molar-refractivity contribution in [3.63, 3.8) is 0 Å². The number of nitrogens with one attached hydrogen (secondary N) is 1. The molecule has 1 saturated heterocycles. The van der Waals surface area contributed by atoms with Gasteiger partial charge in [-0.3, -0.25) is 9.59 Å². The van der Waals surface area contributed by atoms with Gasteiger partial charge in [0.2, 0.25) is 5.91 Å². The highest BCUT2D eigenvalue weighted by molar-refractivity contribution is 5.87. The van der Waals surface area contributed by atoms with Crippen molar-refractivity contribution in [2.75, 3.05) is 6.54 Å². The highest BCUT2D eigenvalue weighted by Crippen LogP contribution is 2.59. The maximum absolute atomic E-state index is 12.8. The van der Waals surface area contributed by atoms with Crippen LogP contribution in [0.25, 0.3) is 0 Å². The molecule has 0 aromatic rings. The van der Waals surface area contributed by atoms with Gasteiger partial charge in [-0.25, -0.2) is 0 Å². The van der Waals surface area contributed by atoms with Gasteiger partial charge in [0.1, 0.15) is 5.92 Å². The Bertz CT molecular complexity index is 577.